The molecule has 1 aliphatic heterocycles. The third kappa shape index (κ3) is 4.96. The average molecular weight is 841 g/mol. The standard InChI is InChI=1S/C57H36N4S2/c1-57-31-30-34(37-20-13-21-42-40-17-7-11-24-50(40)62-54(37)42)32-45(57)52-48(29-28-43-41-18-8-12-25-51(41)63-55(43)52)61(57)56-58-46-22-9-5-19-44(46)53(59-56)35-26-27-39-38-16-6-10-23-47(38)60(49(39)33-35)36-14-3-2-4-15-36/h2-33,45H,1H3. The van der Waals surface area contributed by atoms with Gasteiger partial charge in [-0.25, -0.2) is 9.97 Å². The van der Waals surface area contributed by atoms with Crippen LogP contribution in [-0.4, -0.2) is 20.1 Å². The fourth-order valence-electron chi connectivity index (χ4n) is 10.7. The molecule has 0 N–H and O–H groups in total. The number of benzene rings is 8. The molecule has 4 aromatic heterocycles. The zero-order chi connectivity index (χ0) is 41.4. The molecule has 4 nitrogen and oxygen atoms in total. The Morgan fingerprint density at radius 3 is 2.02 bits per heavy atom. The number of hydrogen-bond donors (Lipinski definition) is 0. The van der Waals surface area contributed by atoms with Gasteiger partial charge in [0.2, 0.25) is 5.95 Å². The third-order valence-corrected chi connectivity index (χ3v) is 16.1. The summed E-state index contributed by atoms with van der Waals surface area (Å²) in [5.41, 5.74) is 10.9. The SMILES string of the molecule is CC12C=CC(c3cccc4c3sc3ccccc34)=CC1c1c(ccc3c1sc1ccccc13)N2c1nc(-c2ccc3c4ccccc4n(-c4ccccc4)c3c2)c2ccccc2n1. The zero-order valence-corrected chi connectivity index (χ0v) is 35.8. The second-order valence-electron chi connectivity index (χ2n) is 17.1. The van der Waals surface area contributed by atoms with Gasteiger partial charge in [0.05, 0.1) is 33.5 Å². The third-order valence-electron chi connectivity index (χ3n) is 13.6. The summed E-state index contributed by atoms with van der Waals surface area (Å²) in [6.45, 7) is 2.38. The van der Waals surface area contributed by atoms with Gasteiger partial charge in [0.1, 0.15) is 0 Å². The minimum Gasteiger partial charge on any atom is -0.309 e. The molecule has 1 aliphatic carbocycles. The van der Waals surface area contributed by atoms with E-state index in [0.29, 0.717) is 5.95 Å². The molecule has 2 aliphatic rings. The van der Waals surface area contributed by atoms with Crippen molar-refractivity contribution in [3.8, 4) is 16.9 Å². The fraction of sp³-hybridized carbons (Fsp3) is 0.0526. The summed E-state index contributed by atoms with van der Waals surface area (Å²) in [6.07, 6.45) is 7.33. The summed E-state index contributed by atoms with van der Waals surface area (Å²) in [5.74, 6) is 0.734. The summed E-state index contributed by atoms with van der Waals surface area (Å²) in [6, 6.07) is 63.8. The van der Waals surface area contributed by atoms with Gasteiger partial charge in [-0.1, -0.05) is 146 Å². The van der Waals surface area contributed by atoms with Crippen LogP contribution >= 0.6 is 22.7 Å². The molecule has 0 radical (unpaired) electrons. The molecule has 296 valence electrons. The first-order valence-corrected chi connectivity index (χ1v) is 23.2. The monoisotopic (exact) mass is 840 g/mol. The zero-order valence-electron chi connectivity index (χ0n) is 34.2. The first-order valence-electron chi connectivity index (χ1n) is 21.5. The van der Waals surface area contributed by atoms with Gasteiger partial charge in [-0.15, -0.1) is 22.7 Å². The van der Waals surface area contributed by atoms with E-state index >= 15 is 0 Å². The highest BCUT2D eigenvalue weighted by molar-refractivity contribution is 7.26. The lowest BCUT2D eigenvalue weighted by Crippen LogP contribution is -2.43. The van der Waals surface area contributed by atoms with Crippen molar-refractivity contribution in [2.75, 3.05) is 4.90 Å². The highest BCUT2D eigenvalue weighted by Crippen LogP contribution is 2.59. The number of thiophene rings is 2. The maximum absolute atomic E-state index is 5.67. The van der Waals surface area contributed by atoms with E-state index in [1.807, 2.05) is 22.7 Å². The van der Waals surface area contributed by atoms with Crippen LogP contribution in [-0.2, 0) is 0 Å². The second-order valence-corrected chi connectivity index (χ2v) is 19.2. The molecule has 14 rings (SSSR count). The predicted octanol–water partition coefficient (Wildman–Crippen LogP) is 15.8. The van der Waals surface area contributed by atoms with Gasteiger partial charge in [-0.3, -0.25) is 4.90 Å². The van der Waals surface area contributed by atoms with E-state index in [1.165, 1.54) is 73.3 Å². The molecule has 6 heteroatoms. The van der Waals surface area contributed by atoms with Gasteiger partial charge in [0.25, 0.3) is 0 Å². The molecule has 5 heterocycles. The first kappa shape index (κ1) is 35.2. The molecule has 0 amide bonds. The number of fused-ring (bicyclic) bond motifs is 14. The number of allylic oxidation sites excluding steroid dienone is 2. The van der Waals surface area contributed by atoms with Crippen molar-refractivity contribution in [3.05, 3.63) is 205 Å². The van der Waals surface area contributed by atoms with Gasteiger partial charge in [0.15, 0.2) is 0 Å². The Balaban J connectivity index is 1.00. The van der Waals surface area contributed by atoms with Gasteiger partial charge in [-0.2, -0.15) is 0 Å². The largest absolute Gasteiger partial charge is 0.309 e. The van der Waals surface area contributed by atoms with Crippen LogP contribution in [0, 0.1) is 0 Å². The molecule has 0 fully saturated rings. The minimum atomic E-state index is -0.492. The van der Waals surface area contributed by atoms with Gasteiger partial charge in [0, 0.05) is 79.2 Å². The first-order chi connectivity index (χ1) is 31.1. The van der Waals surface area contributed by atoms with E-state index in [-0.39, 0.29) is 5.92 Å². The van der Waals surface area contributed by atoms with Crippen LogP contribution in [0.25, 0.3) is 95.6 Å². The number of para-hydroxylation sites is 3. The highest BCUT2D eigenvalue weighted by Gasteiger charge is 2.50. The van der Waals surface area contributed by atoms with Crippen molar-refractivity contribution >= 4 is 113 Å². The molecular weight excluding hydrogens is 805 g/mol. The van der Waals surface area contributed by atoms with Crippen molar-refractivity contribution < 1.29 is 0 Å². The smallest absolute Gasteiger partial charge is 0.231 e. The molecule has 2 unspecified atom stereocenters. The van der Waals surface area contributed by atoms with E-state index < -0.39 is 5.54 Å². The Kier molecular flexibility index (Phi) is 7.31. The van der Waals surface area contributed by atoms with Crippen LogP contribution in [0.3, 0.4) is 0 Å². The molecule has 2 atom stereocenters. The van der Waals surface area contributed by atoms with Crippen molar-refractivity contribution in [1.82, 2.24) is 14.5 Å². The summed E-state index contributed by atoms with van der Waals surface area (Å²) in [7, 11) is 0. The number of nitrogens with zero attached hydrogens (tertiary/aromatic N) is 4. The maximum Gasteiger partial charge on any atom is 0.231 e. The van der Waals surface area contributed by atoms with E-state index in [9.17, 15) is 0 Å². The summed E-state index contributed by atoms with van der Waals surface area (Å²) < 4.78 is 7.67. The second kappa shape index (κ2) is 13.1. The van der Waals surface area contributed by atoms with E-state index in [4.69, 9.17) is 9.97 Å². The molecule has 63 heavy (non-hydrogen) atoms. The minimum absolute atomic E-state index is 0.0327. The highest BCUT2D eigenvalue weighted by atomic mass is 32.1. The van der Waals surface area contributed by atoms with Crippen LogP contribution in [0.2, 0.25) is 0 Å². The van der Waals surface area contributed by atoms with E-state index in [1.54, 1.807) is 0 Å². The normalized spacial score (nSPS) is 17.2. The average Bonchev–Trinajstić information content (AvgIpc) is 4.07. The number of aromatic nitrogens is 3. The van der Waals surface area contributed by atoms with Gasteiger partial charge < -0.3 is 4.57 Å². The molecule has 0 bridgehead atoms. The van der Waals surface area contributed by atoms with Crippen LogP contribution in [0.5, 0.6) is 0 Å². The van der Waals surface area contributed by atoms with Crippen molar-refractivity contribution in [2.45, 2.75) is 18.4 Å². The summed E-state index contributed by atoms with van der Waals surface area (Å²) in [4.78, 5) is 13.6. The van der Waals surface area contributed by atoms with Gasteiger partial charge in [-0.05, 0) is 66.6 Å². The molecular formula is C57H36N4S2. The molecule has 8 aromatic carbocycles. The number of anilines is 2. The maximum atomic E-state index is 5.67. The number of hydrogen-bond acceptors (Lipinski definition) is 5. The molecule has 0 saturated heterocycles. The Labute approximate surface area is 370 Å². The lowest BCUT2D eigenvalue weighted by atomic mass is 9.77. The lowest BCUT2D eigenvalue weighted by Gasteiger charge is -2.38. The molecule has 12 aromatic rings. The van der Waals surface area contributed by atoms with Gasteiger partial charge >= 0.3 is 0 Å². The van der Waals surface area contributed by atoms with E-state index in [2.05, 4.69) is 211 Å². The Hall–Kier alpha value is -7.38. The van der Waals surface area contributed by atoms with Crippen LogP contribution in [0.1, 0.15) is 24.0 Å². The Bertz CT molecular complexity index is 3960. The Morgan fingerprint density at radius 1 is 0.540 bits per heavy atom. The quantitative estimate of drug-likeness (QED) is 0.177. The topological polar surface area (TPSA) is 34.0 Å². The van der Waals surface area contributed by atoms with Crippen LogP contribution in [0.4, 0.5) is 11.6 Å². The van der Waals surface area contributed by atoms with E-state index in [0.717, 1.165) is 39.1 Å². The Morgan fingerprint density at radius 2 is 1.19 bits per heavy atom. The summed E-state index contributed by atoms with van der Waals surface area (Å²) >= 11 is 3.80. The molecule has 0 saturated carbocycles. The van der Waals surface area contributed by atoms with Crippen LogP contribution in [0.15, 0.2) is 194 Å². The van der Waals surface area contributed by atoms with Crippen molar-refractivity contribution in [1.29, 1.82) is 0 Å². The van der Waals surface area contributed by atoms with Crippen molar-refractivity contribution in [3.63, 3.8) is 0 Å². The predicted molar refractivity (Wildman–Crippen MR) is 268 cm³/mol. The summed E-state index contributed by atoms with van der Waals surface area (Å²) in [5, 5.41) is 8.72. The van der Waals surface area contributed by atoms with Crippen LogP contribution < -0.4 is 4.90 Å². The number of rotatable bonds is 4. The lowest BCUT2D eigenvalue weighted by molar-refractivity contribution is 0.538. The fourth-order valence-corrected chi connectivity index (χ4v) is 13.3. The van der Waals surface area contributed by atoms with Crippen molar-refractivity contribution in [2.24, 2.45) is 0 Å². The molecule has 0 spiro atoms.